The van der Waals surface area contributed by atoms with E-state index in [2.05, 4.69) is 22.0 Å². The lowest BCUT2D eigenvalue weighted by Gasteiger charge is -2.09. The fourth-order valence-electron chi connectivity index (χ4n) is 1.70. The van der Waals surface area contributed by atoms with Crippen LogP contribution in [0.3, 0.4) is 0 Å². The minimum atomic E-state index is -0.296. The van der Waals surface area contributed by atoms with Gasteiger partial charge < -0.3 is 4.74 Å². The van der Waals surface area contributed by atoms with Crippen LogP contribution in [0, 0.1) is 18.3 Å². The first kappa shape index (κ1) is 13.7. The van der Waals surface area contributed by atoms with Crippen molar-refractivity contribution in [1.82, 2.24) is 0 Å². The molecule has 17 heavy (non-hydrogen) atoms. The maximum atomic E-state index is 11.4. The summed E-state index contributed by atoms with van der Waals surface area (Å²) < 4.78 is 4.90. The highest BCUT2D eigenvalue weighted by atomic mass is 79.9. The van der Waals surface area contributed by atoms with Crippen molar-refractivity contribution in [2.45, 2.75) is 25.6 Å². The number of carbonyl (C=O) groups is 1. The summed E-state index contributed by atoms with van der Waals surface area (Å²) in [5, 5.41) is 9.75. The summed E-state index contributed by atoms with van der Waals surface area (Å²) in [4.78, 5) is 11.4. The molecule has 3 nitrogen and oxygen atoms in total. The molecule has 0 saturated heterocycles. The lowest BCUT2D eigenvalue weighted by atomic mass is 9.98. The van der Waals surface area contributed by atoms with E-state index in [1.165, 1.54) is 0 Å². The normalized spacial score (nSPS) is 9.76. The molecule has 4 heteroatoms. The SMILES string of the molecule is CCOC(=O)Cc1cc(C)cc(CBr)c1C#N. The first-order chi connectivity index (χ1) is 8.12. The Morgan fingerprint density at radius 1 is 1.47 bits per heavy atom. The molecule has 0 aliphatic heterocycles. The Morgan fingerprint density at radius 3 is 2.65 bits per heavy atom. The van der Waals surface area contributed by atoms with Crippen molar-refractivity contribution in [2.75, 3.05) is 6.61 Å². The fraction of sp³-hybridized carbons (Fsp3) is 0.385. The number of esters is 1. The van der Waals surface area contributed by atoms with Crippen molar-refractivity contribution in [3.8, 4) is 6.07 Å². The average molecular weight is 296 g/mol. The van der Waals surface area contributed by atoms with Crippen molar-refractivity contribution in [1.29, 1.82) is 5.26 Å². The number of aryl methyl sites for hydroxylation is 1. The minimum absolute atomic E-state index is 0.151. The van der Waals surface area contributed by atoms with E-state index in [1.54, 1.807) is 6.92 Å². The largest absolute Gasteiger partial charge is 0.466 e. The van der Waals surface area contributed by atoms with Gasteiger partial charge in [-0.1, -0.05) is 33.6 Å². The number of halogens is 1. The average Bonchev–Trinajstić information content (AvgIpc) is 2.28. The minimum Gasteiger partial charge on any atom is -0.466 e. The number of hydrogen-bond acceptors (Lipinski definition) is 3. The van der Waals surface area contributed by atoms with E-state index < -0.39 is 0 Å². The van der Waals surface area contributed by atoms with Gasteiger partial charge in [-0.15, -0.1) is 0 Å². The Morgan fingerprint density at radius 2 is 2.12 bits per heavy atom. The van der Waals surface area contributed by atoms with Gasteiger partial charge in [-0.05, 0) is 25.0 Å². The molecule has 0 atom stereocenters. The molecule has 90 valence electrons. The van der Waals surface area contributed by atoms with Crippen LogP contribution in [0.2, 0.25) is 0 Å². The molecule has 1 rings (SSSR count). The Kier molecular flexibility index (Phi) is 5.17. The lowest BCUT2D eigenvalue weighted by molar-refractivity contribution is -0.142. The van der Waals surface area contributed by atoms with Gasteiger partial charge in [-0.3, -0.25) is 4.79 Å². The fourth-order valence-corrected chi connectivity index (χ4v) is 2.14. The molecular formula is C13H14BrNO2. The second-order valence-electron chi connectivity index (χ2n) is 3.69. The van der Waals surface area contributed by atoms with Gasteiger partial charge in [0.15, 0.2) is 0 Å². The molecule has 0 aromatic heterocycles. The van der Waals surface area contributed by atoms with Gasteiger partial charge >= 0.3 is 5.97 Å². The maximum Gasteiger partial charge on any atom is 0.310 e. The number of hydrogen-bond donors (Lipinski definition) is 0. The molecule has 0 aliphatic carbocycles. The van der Waals surface area contributed by atoms with E-state index in [0.29, 0.717) is 17.5 Å². The molecular weight excluding hydrogens is 282 g/mol. The molecule has 0 bridgehead atoms. The molecule has 1 aromatic carbocycles. The highest BCUT2D eigenvalue weighted by molar-refractivity contribution is 9.08. The van der Waals surface area contributed by atoms with Crippen LogP contribution in [0.4, 0.5) is 0 Å². The van der Waals surface area contributed by atoms with Gasteiger partial charge in [0.2, 0.25) is 0 Å². The predicted molar refractivity (Wildman–Crippen MR) is 68.9 cm³/mol. The summed E-state index contributed by atoms with van der Waals surface area (Å²) in [5.41, 5.74) is 3.26. The number of benzene rings is 1. The van der Waals surface area contributed by atoms with Crippen molar-refractivity contribution in [3.63, 3.8) is 0 Å². The number of carbonyl (C=O) groups excluding carboxylic acids is 1. The summed E-state index contributed by atoms with van der Waals surface area (Å²) in [6, 6.07) is 5.96. The van der Waals surface area contributed by atoms with Crippen LogP contribution in [0.5, 0.6) is 0 Å². The van der Waals surface area contributed by atoms with Crippen LogP contribution >= 0.6 is 15.9 Å². The third kappa shape index (κ3) is 3.57. The maximum absolute atomic E-state index is 11.4. The zero-order valence-corrected chi connectivity index (χ0v) is 11.5. The molecule has 0 unspecified atom stereocenters. The lowest BCUT2D eigenvalue weighted by Crippen LogP contribution is -2.09. The Balaban J connectivity index is 3.10. The number of alkyl halides is 1. The molecule has 0 heterocycles. The van der Waals surface area contributed by atoms with Gasteiger partial charge in [0.1, 0.15) is 0 Å². The van der Waals surface area contributed by atoms with Crippen LogP contribution < -0.4 is 0 Å². The third-order valence-corrected chi connectivity index (χ3v) is 2.95. The molecule has 0 saturated carbocycles. The molecule has 0 spiro atoms. The van der Waals surface area contributed by atoms with Gasteiger partial charge in [0.05, 0.1) is 24.7 Å². The number of nitriles is 1. The van der Waals surface area contributed by atoms with Crippen LogP contribution in [-0.4, -0.2) is 12.6 Å². The number of rotatable bonds is 4. The summed E-state index contributed by atoms with van der Waals surface area (Å²) in [7, 11) is 0. The first-order valence-corrected chi connectivity index (χ1v) is 6.48. The number of ether oxygens (including phenoxy) is 1. The van der Waals surface area contributed by atoms with Crippen molar-refractivity contribution in [2.24, 2.45) is 0 Å². The second kappa shape index (κ2) is 6.41. The molecule has 0 radical (unpaired) electrons. The zero-order valence-electron chi connectivity index (χ0n) is 9.92. The van der Waals surface area contributed by atoms with Crippen LogP contribution in [-0.2, 0) is 21.3 Å². The van der Waals surface area contributed by atoms with E-state index in [1.807, 2.05) is 19.1 Å². The van der Waals surface area contributed by atoms with E-state index in [4.69, 9.17) is 10.00 Å². The van der Waals surface area contributed by atoms with E-state index in [-0.39, 0.29) is 12.4 Å². The smallest absolute Gasteiger partial charge is 0.310 e. The molecule has 0 aliphatic rings. The van der Waals surface area contributed by atoms with Gasteiger partial charge in [-0.2, -0.15) is 5.26 Å². The van der Waals surface area contributed by atoms with Crippen LogP contribution in [0.15, 0.2) is 12.1 Å². The van der Waals surface area contributed by atoms with Crippen molar-refractivity contribution in [3.05, 3.63) is 34.4 Å². The summed E-state index contributed by atoms with van der Waals surface area (Å²) in [5.74, 6) is -0.296. The first-order valence-electron chi connectivity index (χ1n) is 5.36. The standard InChI is InChI=1S/C13H14BrNO2/c1-3-17-13(16)6-10-4-9(2)5-11(7-14)12(10)8-15/h4-5H,3,6-7H2,1-2H3. The van der Waals surface area contributed by atoms with E-state index >= 15 is 0 Å². The highest BCUT2D eigenvalue weighted by Gasteiger charge is 2.12. The highest BCUT2D eigenvalue weighted by Crippen LogP contribution is 2.20. The molecule has 0 amide bonds. The summed E-state index contributed by atoms with van der Waals surface area (Å²) in [6.45, 7) is 4.07. The predicted octanol–water partition coefficient (Wildman–Crippen LogP) is 2.87. The van der Waals surface area contributed by atoms with E-state index in [9.17, 15) is 4.79 Å². The Labute approximate surface area is 110 Å². The molecule has 1 aromatic rings. The van der Waals surface area contributed by atoms with E-state index in [0.717, 1.165) is 16.7 Å². The van der Waals surface area contributed by atoms with Gasteiger partial charge in [0.25, 0.3) is 0 Å². The van der Waals surface area contributed by atoms with Crippen molar-refractivity contribution >= 4 is 21.9 Å². The van der Waals surface area contributed by atoms with Gasteiger partial charge in [-0.25, -0.2) is 0 Å². The zero-order chi connectivity index (χ0) is 12.8. The van der Waals surface area contributed by atoms with Crippen molar-refractivity contribution < 1.29 is 9.53 Å². The van der Waals surface area contributed by atoms with Crippen LogP contribution in [0.1, 0.15) is 29.2 Å². The quantitative estimate of drug-likeness (QED) is 0.634. The topological polar surface area (TPSA) is 50.1 Å². The molecule has 0 N–H and O–H groups in total. The Bertz CT molecular complexity index is 463. The monoisotopic (exact) mass is 295 g/mol. The third-order valence-electron chi connectivity index (χ3n) is 2.34. The summed E-state index contributed by atoms with van der Waals surface area (Å²) in [6.07, 6.45) is 0.151. The van der Waals surface area contributed by atoms with Crippen LogP contribution in [0.25, 0.3) is 0 Å². The Hall–Kier alpha value is -1.34. The summed E-state index contributed by atoms with van der Waals surface area (Å²) >= 11 is 3.35. The number of nitrogens with zero attached hydrogens (tertiary/aromatic N) is 1. The molecule has 0 fully saturated rings. The van der Waals surface area contributed by atoms with Gasteiger partial charge in [0, 0.05) is 5.33 Å². The second-order valence-corrected chi connectivity index (χ2v) is 4.25.